The van der Waals surface area contributed by atoms with Crippen LogP contribution in [0.15, 0.2) is 0 Å². The molecule has 0 aromatic rings. The number of carbonyl (C=O) groups is 1. The van der Waals surface area contributed by atoms with E-state index in [1.165, 1.54) is 0 Å². The molecule has 0 aromatic carbocycles. The molecule has 1 amide bonds. The van der Waals surface area contributed by atoms with Crippen LogP contribution in [0.2, 0.25) is 0 Å². The fourth-order valence-electron chi connectivity index (χ4n) is 2.05. The van der Waals surface area contributed by atoms with Crippen molar-refractivity contribution in [3.8, 4) is 0 Å². The van der Waals surface area contributed by atoms with Crippen LogP contribution in [-0.2, 0) is 4.79 Å². The lowest BCUT2D eigenvalue weighted by Crippen LogP contribution is -2.34. The van der Waals surface area contributed by atoms with E-state index >= 15 is 0 Å². The first-order chi connectivity index (χ1) is 6.47. The number of hydrogen-bond acceptors (Lipinski definition) is 2. The molecule has 0 bridgehead atoms. The number of halogens is 4. The van der Waals surface area contributed by atoms with Crippen molar-refractivity contribution in [1.29, 1.82) is 0 Å². The monoisotopic (exact) mass is 244 g/mol. The third-order valence-electron chi connectivity index (χ3n) is 2.78. The predicted octanol–water partition coefficient (Wildman–Crippen LogP) is 0.695. The number of alkyl halides is 3. The summed E-state index contributed by atoms with van der Waals surface area (Å²) >= 11 is 0. The van der Waals surface area contributed by atoms with Crippen LogP contribution in [-0.4, -0.2) is 31.2 Å². The molecule has 3 nitrogen and oxygen atoms in total. The van der Waals surface area contributed by atoms with Gasteiger partial charge in [0.1, 0.15) is 6.42 Å². The minimum Gasteiger partial charge on any atom is -0.352 e. The fourth-order valence-corrected chi connectivity index (χ4v) is 2.05. The Morgan fingerprint density at radius 3 is 2.33 bits per heavy atom. The van der Waals surface area contributed by atoms with Crippen molar-refractivity contribution in [1.82, 2.24) is 10.6 Å². The van der Waals surface area contributed by atoms with E-state index in [9.17, 15) is 18.0 Å². The molecule has 15 heavy (non-hydrogen) atoms. The van der Waals surface area contributed by atoms with E-state index in [-0.39, 0.29) is 18.4 Å². The van der Waals surface area contributed by atoms with Crippen molar-refractivity contribution in [2.45, 2.75) is 18.6 Å². The molecule has 0 spiro atoms. The zero-order valence-electron chi connectivity index (χ0n) is 7.80. The van der Waals surface area contributed by atoms with Crippen LogP contribution in [0, 0.1) is 11.8 Å². The Hall–Kier alpha value is -0.490. The molecule has 1 aliphatic carbocycles. The highest BCUT2D eigenvalue weighted by Gasteiger charge is 2.53. The maximum Gasteiger partial charge on any atom is 0.397 e. The Labute approximate surface area is 91.2 Å². The lowest BCUT2D eigenvalue weighted by atomic mass is 10.3. The number of carbonyl (C=O) groups excluding carboxylic acids is 1. The van der Waals surface area contributed by atoms with Gasteiger partial charge in [0.05, 0.1) is 0 Å². The number of piperidine rings is 1. The van der Waals surface area contributed by atoms with Gasteiger partial charge in [0.15, 0.2) is 0 Å². The Balaban J connectivity index is 0.00000112. The molecule has 7 heteroatoms. The van der Waals surface area contributed by atoms with Gasteiger partial charge >= 0.3 is 6.18 Å². The van der Waals surface area contributed by atoms with Gasteiger partial charge < -0.3 is 10.6 Å². The van der Waals surface area contributed by atoms with E-state index in [0.717, 1.165) is 13.1 Å². The molecule has 2 rings (SSSR count). The van der Waals surface area contributed by atoms with E-state index in [1.54, 1.807) is 0 Å². The number of nitrogens with one attached hydrogen (secondary N) is 2. The molecule has 1 aliphatic heterocycles. The zero-order chi connectivity index (χ0) is 10.3. The summed E-state index contributed by atoms with van der Waals surface area (Å²) in [5.74, 6) is -0.198. The maximum absolute atomic E-state index is 11.8. The van der Waals surface area contributed by atoms with Crippen molar-refractivity contribution >= 4 is 18.3 Å². The van der Waals surface area contributed by atoms with Crippen LogP contribution >= 0.6 is 12.4 Å². The van der Waals surface area contributed by atoms with Crippen LogP contribution in [0.25, 0.3) is 0 Å². The van der Waals surface area contributed by atoms with Crippen LogP contribution in [0.1, 0.15) is 6.42 Å². The van der Waals surface area contributed by atoms with Gasteiger partial charge in [-0.15, -0.1) is 12.4 Å². The first kappa shape index (κ1) is 12.6. The standard InChI is InChI=1S/C8H11F3N2O.ClH/c9-8(10,11)1-6(14)13-7-4-2-12-3-5(4)7;/h4-5,7,12H,1-3H2,(H,13,14);1H. The third kappa shape index (κ3) is 2.98. The summed E-state index contributed by atoms with van der Waals surface area (Å²) in [7, 11) is 0. The summed E-state index contributed by atoms with van der Waals surface area (Å²) < 4.78 is 35.4. The molecule has 2 aliphatic rings. The first-order valence-corrected chi connectivity index (χ1v) is 4.54. The normalized spacial score (nSPS) is 32.9. The lowest BCUT2D eigenvalue weighted by molar-refractivity contribution is -0.153. The second-order valence-electron chi connectivity index (χ2n) is 3.87. The molecule has 1 saturated heterocycles. The Kier molecular flexibility index (Phi) is 3.50. The quantitative estimate of drug-likeness (QED) is 0.751. The molecular weight excluding hydrogens is 233 g/mol. The molecule has 2 N–H and O–H groups in total. The number of amides is 1. The van der Waals surface area contributed by atoms with E-state index in [0.29, 0.717) is 11.8 Å². The zero-order valence-corrected chi connectivity index (χ0v) is 8.62. The Morgan fingerprint density at radius 1 is 1.33 bits per heavy atom. The maximum atomic E-state index is 11.8. The van der Waals surface area contributed by atoms with Gasteiger partial charge in [-0.25, -0.2) is 0 Å². The second-order valence-corrected chi connectivity index (χ2v) is 3.87. The van der Waals surface area contributed by atoms with E-state index in [4.69, 9.17) is 0 Å². The Bertz CT molecular complexity index is 249. The van der Waals surface area contributed by atoms with Crippen molar-refractivity contribution in [2.24, 2.45) is 11.8 Å². The minimum atomic E-state index is -4.40. The molecule has 1 heterocycles. The van der Waals surface area contributed by atoms with Gasteiger partial charge in [-0.2, -0.15) is 13.2 Å². The van der Waals surface area contributed by atoms with E-state index in [1.807, 2.05) is 0 Å². The van der Waals surface area contributed by atoms with Crippen LogP contribution < -0.4 is 10.6 Å². The minimum absolute atomic E-state index is 0. The average Bonchev–Trinajstić information content (AvgIpc) is 2.50. The highest BCUT2D eigenvalue weighted by atomic mass is 35.5. The van der Waals surface area contributed by atoms with Crippen LogP contribution in [0.3, 0.4) is 0 Å². The molecule has 0 radical (unpaired) electrons. The van der Waals surface area contributed by atoms with E-state index < -0.39 is 18.5 Å². The van der Waals surface area contributed by atoms with Gasteiger partial charge in [-0.3, -0.25) is 4.79 Å². The smallest absolute Gasteiger partial charge is 0.352 e. The van der Waals surface area contributed by atoms with Crippen molar-refractivity contribution < 1.29 is 18.0 Å². The van der Waals surface area contributed by atoms with Gasteiger partial charge in [-0.05, 0) is 11.8 Å². The summed E-state index contributed by atoms with van der Waals surface area (Å²) in [5, 5.41) is 5.51. The molecule has 88 valence electrons. The lowest BCUT2D eigenvalue weighted by Gasteiger charge is -2.09. The number of fused-ring (bicyclic) bond motifs is 1. The number of hydrogen-bond donors (Lipinski definition) is 2. The molecular formula is C8H12ClF3N2O. The molecule has 2 fully saturated rings. The Morgan fingerprint density at radius 2 is 1.87 bits per heavy atom. The predicted molar refractivity (Wildman–Crippen MR) is 49.7 cm³/mol. The first-order valence-electron chi connectivity index (χ1n) is 4.54. The summed E-state index contributed by atoms with van der Waals surface area (Å²) in [4.78, 5) is 10.9. The molecule has 2 unspecified atom stereocenters. The summed E-state index contributed by atoms with van der Waals surface area (Å²) in [5.41, 5.74) is 0. The highest BCUT2D eigenvalue weighted by molar-refractivity contribution is 5.85. The number of rotatable bonds is 2. The van der Waals surface area contributed by atoms with Crippen molar-refractivity contribution in [3.05, 3.63) is 0 Å². The van der Waals surface area contributed by atoms with Gasteiger partial charge in [0, 0.05) is 19.1 Å². The van der Waals surface area contributed by atoms with Gasteiger partial charge in [0.2, 0.25) is 5.91 Å². The summed E-state index contributed by atoms with van der Waals surface area (Å²) in [6, 6.07) is -0.0221. The molecule has 1 saturated carbocycles. The van der Waals surface area contributed by atoms with Gasteiger partial charge in [0.25, 0.3) is 0 Å². The molecule has 0 aromatic heterocycles. The van der Waals surface area contributed by atoms with E-state index in [2.05, 4.69) is 10.6 Å². The van der Waals surface area contributed by atoms with Crippen LogP contribution in [0.5, 0.6) is 0 Å². The van der Waals surface area contributed by atoms with Crippen molar-refractivity contribution in [3.63, 3.8) is 0 Å². The third-order valence-corrected chi connectivity index (χ3v) is 2.78. The molecule has 2 atom stereocenters. The second kappa shape index (κ2) is 4.17. The highest BCUT2D eigenvalue weighted by Crippen LogP contribution is 2.41. The largest absolute Gasteiger partial charge is 0.397 e. The van der Waals surface area contributed by atoms with Gasteiger partial charge in [-0.1, -0.05) is 0 Å². The van der Waals surface area contributed by atoms with Crippen LogP contribution in [0.4, 0.5) is 13.2 Å². The summed E-state index contributed by atoms with van der Waals surface area (Å²) in [6.45, 7) is 1.61. The topological polar surface area (TPSA) is 41.1 Å². The fraction of sp³-hybridized carbons (Fsp3) is 0.875. The average molecular weight is 245 g/mol. The summed E-state index contributed by atoms with van der Waals surface area (Å²) in [6.07, 6.45) is -5.76. The SMILES string of the molecule is Cl.O=C(CC(F)(F)F)NC1C2CNCC21. The van der Waals surface area contributed by atoms with Crippen molar-refractivity contribution in [2.75, 3.05) is 13.1 Å².